The van der Waals surface area contributed by atoms with E-state index in [9.17, 15) is 0 Å². The summed E-state index contributed by atoms with van der Waals surface area (Å²) in [5, 5.41) is 1.92. The molecule has 0 aromatic carbocycles. The molecule has 1 atom stereocenters. The number of aliphatic imine (C=N–C) groups is 1. The molecule has 0 saturated heterocycles. The predicted molar refractivity (Wildman–Crippen MR) is 43.4 cm³/mol. The highest BCUT2D eigenvalue weighted by Crippen LogP contribution is 2.22. The molecule has 0 aromatic heterocycles. The second-order valence-electron chi connectivity index (χ2n) is 2.08. The second kappa shape index (κ2) is 2.12. The molecule has 3 nitrogen and oxygen atoms in total. The van der Waals surface area contributed by atoms with Crippen LogP contribution in [0.3, 0.4) is 0 Å². The largest absolute Gasteiger partial charge is 0.303 e. The van der Waals surface area contributed by atoms with E-state index in [-0.39, 0.29) is 6.17 Å². The Morgan fingerprint density at radius 1 is 1.70 bits per heavy atom. The fourth-order valence-electron chi connectivity index (χ4n) is 0.944. The van der Waals surface area contributed by atoms with Gasteiger partial charge in [0.15, 0.2) is 6.17 Å². The third kappa shape index (κ3) is 0.759. The molecule has 2 rings (SSSR count). The summed E-state index contributed by atoms with van der Waals surface area (Å²) in [6, 6.07) is 0. The molecule has 1 N–H and O–H groups in total. The summed E-state index contributed by atoms with van der Waals surface area (Å²) >= 11 is 3.39. The van der Waals surface area contributed by atoms with Crippen LogP contribution in [0.15, 0.2) is 28.0 Å². The van der Waals surface area contributed by atoms with Crippen molar-refractivity contribution in [1.82, 2.24) is 10.4 Å². The van der Waals surface area contributed by atoms with Crippen LogP contribution in [0.1, 0.15) is 0 Å². The first kappa shape index (κ1) is 5.97. The molecular weight excluding hydrogens is 194 g/mol. The first-order valence-electron chi connectivity index (χ1n) is 2.98. The summed E-state index contributed by atoms with van der Waals surface area (Å²) in [5.74, 6) is 0. The minimum absolute atomic E-state index is 0.116. The van der Waals surface area contributed by atoms with Gasteiger partial charge in [0.05, 0.1) is 4.48 Å². The molecule has 4 heteroatoms. The van der Waals surface area contributed by atoms with Crippen molar-refractivity contribution < 1.29 is 0 Å². The molecule has 0 saturated carbocycles. The third-order valence-electron chi connectivity index (χ3n) is 1.42. The van der Waals surface area contributed by atoms with Crippen LogP contribution >= 0.6 is 15.9 Å². The molecule has 0 bridgehead atoms. The molecule has 2 aliphatic heterocycles. The Bertz CT molecular complexity index is 231. The lowest BCUT2D eigenvalue weighted by molar-refractivity contribution is 0.295. The lowest BCUT2D eigenvalue weighted by atomic mass is 10.4. The van der Waals surface area contributed by atoms with E-state index in [1.807, 2.05) is 23.5 Å². The quantitative estimate of drug-likeness (QED) is 0.630. The van der Waals surface area contributed by atoms with Gasteiger partial charge in [0.2, 0.25) is 0 Å². The highest BCUT2D eigenvalue weighted by molar-refractivity contribution is 9.11. The molecular formula is C6H6BrN3. The van der Waals surface area contributed by atoms with E-state index in [1.54, 1.807) is 6.21 Å². The zero-order valence-electron chi connectivity index (χ0n) is 5.16. The van der Waals surface area contributed by atoms with Crippen molar-refractivity contribution in [1.29, 1.82) is 0 Å². The number of fused-ring (bicyclic) bond motifs is 1. The Morgan fingerprint density at radius 3 is 3.40 bits per heavy atom. The molecule has 52 valence electrons. The molecule has 0 spiro atoms. The first-order chi connectivity index (χ1) is 4.88. The van der Waals surface area contributed by atoms with Crippen molar-refractivity contribution in [3.05, 3.63) is 23.0 Å². The lowest BCUT2D eigenvalue weighted by Gasteiger charge is -2.21. The SMILES string of the molecule is BrC1=CNN2C=CC=NC12. The smallest absolute Gasteiger partial charge is 0.172 e. The summed E-state index contributed by atoms with van der Waals surface area (Å²) in [6.07, 6.45) is 7.64. The summed E-state index contributed by atoms with van der Waals surface area (Å²) < 4.78 is 1.06. The summed E-state index contributed by atoms with van der Waals surface area (Å²) in [6.45, 7) is 0. The minimum atomic E-state index is 0.116. The highest BCUT2D eigenvalue weighted by Gasteiger charge is 2.22. The van der Waals surface area contributed by atoms with Gasteiger partial charge in [-0.2, -0.15) is 0 Å². The fourth-order valence-corrected chi connectivity index (χ4v) is 1.39. The summed E-state index contributed by atoms with van der Waals surface area (Å²) in [7, 11) is 0. The normalized spacial score (nSPS) is 27.9. The van der Waals surface area contributed by atoms with Gasteiger partial charge in [-0.05, 0) is 22.0 Å². The molecule has 2 aliphatic rings. The van der Waals surface area contributed by atoms with Crippen LogP contribution < -0.4 is 5.43 Å². The highest BCUT2D eigenvalue weighted by atomic mass is 79.9. The number of allylic oxidation sites excluding steroid dienone is 1. The molecule has 0 amide bonds. The van der Waals surface area contributed by atoms with Crippen LogP contribution in [0.25, 0.3) is 0 Å². The van der Waals surface area contributed by atoms with Crippen molar-refractivity contribution in [3.8, 4) is 0 Å². The van der Waals surface area contributed by atoms with E-state index < -0.39 is 0 Å². The number of hydrogen-bond donors (Lipinski definition) is 1. The van der Waals surface area contributed by atoms with Gasteiger partial charge in [0.25, 0.3) is 0 Å². The maximum absolute atomic E-state index is 4.21. The van der Waals surface area contributed by atoms with Crippen molar-refractivity contribution >= 4 is 22.1 Å². The monoisotopic (exact) mass is 199 g/mol. The fraction of sp³-hybridized carbons (Fsp3) is 0.167. The number of hydrazine groups is 1. The van der Waals surface area contributed by atoms with Gasteiger partial charge in [-0.3, -0.25) is 10.0 Å². The van der Waals surface area contributed by atoms with Gasteiger partial charge >= 0.3 is 0 Å². The zero-order chi connectivity index (χ0) is 6.97. The van der Waals surface area contributed by atoms with Gasteiger partial charge in [-0.1, -0.05) is 0 Å². The van der Waals surface area contributed by atoms with Crippen molar-refractivity contribution in [2.45, 2.75) is 6.17 Å². The van der Waals surface area contributed by atoms with Crippen LogP contribution in [-0.4, -0.2) is 17.4 Å². The average molecular weight is 200 g/mol. The van der Waals surface area contributed by atoms with E-state index in [1.165, 1.54) is 0 Å². The molecule has 2 heterocycles. The van der Waals surface area contributed by atoms with Crippen molar-refractivity contribution in [3.63, 3.8) is 0 Å². The van der Waals surface area contributed by atoms with Crippen molar-refractivity contribution in [2.24, 2.45) is 4.99 Å². The van der Waals surface area contributed by atoms with E-state index >= 15 is 0 Å². The molecule has 0 fully saturated rings. The van der Waals surface area contributed by atoms with Crippen LogP contribution in [-0.2, 0) is 0 Å². The lowest BCUT2D eigenvalue weighted by Crippen LogP contribution is -2.33. The third-order valence-corrected chi connectivity index (χ3v) is 2.06. The van der Waals surface area contributed by atoms with Gasteiger partial charge < -0.3 is 5.43 Å². The van der Waals surface area contributed by atoms with Gasteiger partial charge in [0.1, 0.15) is 0 Å². The zero-order valence-corrected chi connectivity index (χ0v) is 6.75. The molecule has 0 aromatic rings. The van der Waals surface area contributed by atoms with E-state index in [4.69, 9.17) is 0 Å². The van der Waals surface area contributed by atoms with Crippen LogP contribution in [0.5, 0.6) is 0 Å². The van der Waals surface area contributed by atoms with Crippen LogP contribution in [0.4, 0.5) is 0 Å². The number of rotatable bonds is 0. The standard InChI is InChI=1S/C6H6BrN3/c7-5-4-9-10-3-1-2-8-6(5)10/h1-4,6,9H. The van der Waals surface area contributed by atoms with Gasteiger partial charge in [-0.15, -0.1) is 0 Å². The topological polar surface area (TPSA) is 27.6 Å². The Balaban J connectivity index is 2.27. The molecule has 0 radical (unpaired) electrons. The number of nitrogens with one attached hydrogen (secondary N) is 1. The Hall–Kier alpha value is -0.770. The van der Waals surface area contributed by atoms with E-state index in [2.05, 4.69) is 26.3 Å². The van der Waals surface area contributed by atoms with Crippen LogP contribution in [0, 0.1) is 0 Å². The van der Waals surface area contributed by atoms with Gasteiger partial charge in [-0.25, -0.2) is 0 Å². The Labute approximate surface area is 67.2 Å². The summed E-state index contributed by atoms with van der Waals surface area (Å²) in [4.78, 5) is 4.21. The predicted octanol–water partition coefficient (Wildman–Crippen LogP) is 0.967. The molecule has 1 unspecified atom stereocenters. The maximum atomic E-state index is 4.21. The number of hydrogen-bond acceptors (Lipinski definition) is 3. The Morgan fingerprint density at radius 2 is 2.60 bits per heavy atom. The Kier molecular flexibility index (Phi) is 1.27. The maximum Gasteiger partial charge on any atom is 0.172 e. The molecule has 10 heavy (non-hydrogen) atoms. The minimum Gasteiger partial charge on any atom is -0.303 e. The van der Waals surface area contributed by atoms with E-state index in [0.717, 1.165) is 4.48 Å². The van der Waals surface area contributed by atoms with Crippen LogP contribution in [0.2, 0.25) is 0 Å². The number of nitrogens with zero attached hydrogens (tertiary/aromatic N) is 2. The average Bonchev–Trinajstić information content (AvgIpc) is 2.34. The number of halogens is 1. The second-order valence-corrected chi connectivity index (χ2v) is 2.99. The van der Waals surface area contributed by atoms with Gasteiger partial charge in [0, 0.05) is 18.6 Å². The van der Waals surface area contributed by atoms with Crippen molar-refractivity contribution in [2.75, 3.05) is 0 Å². The molecule has 0 aliphatic carbocycles. The summed E-state index contributed by atoms with van der Waals surface area (Å²) in [5.41, 5.74) is 3.03. The first-order valence-corrected chi connectivity index (χ1v) is 3.77. The van der Waals surface area contributed by atoms with E-state index in [0.29, 0.717) is 0 Å².